The molecule has 0 radical (unpaired) electrons. The van der Waals surface area contributed by atoms with Crippen LogP contribution < -0.4 is 15.4 Å². The molecule has 2 unspecified atom stereocenters. The maximum atomic E-state index is 11.8. The van der Waals surface area contributed by atoms with E-state index in [0.29, 0.717) is 5.75 Å². The highest BCUT2D eigenvalue weighted by molar-refractivity contribution is 5.85. The van der Waals surface area contributed by atoms with Crippen LogP contribution in [-0.2, 0) is 4.79 Å². The summed E-state index contributed by atoms with van der Waals surface area (Å²) in [6, 6.07) is 7.23. The molecule has 1 aliphatic rings. The highest BCUT2D eigenvalue weighted by Crippen LogP contribution is 2.18. The van der Waals surface area contributed by atoms with Gasteiger partial charge in [0, 0.05) is 13.1 Å². The molecular formula is C14H21ClN2O3. The second-order valence-corrected chi connectivity index (χ2v) is 4.73. The normalized spacial score (nSPS) is 19.0. The number of carbonyl (C=O) groups excluding carboxylic acids is 1. The Bertz CT molecular complexity index is 436. The van der Waals surface area contributed by atoms with Gasteiger partial charge in [0.15, 0.2) is 0 Å². The third kappa shape index (κ3) is 4.37. The predicted molar refractivity (Wildman–Crippen MR) is 79.2 cm³/mol. The maximum absolute atomic E-state index is 11.8. The Morgan fingerprint density at radius 3 is 3.05 bits per heavy atom. The molecule has 0 bridgehead atoms. The topological polar surface area (TPSA) is 70.6 Å². The molecule has 20 heavy (non-hydrogen) atoms. The van der Waals surface area contributed by atoms with Crippen LogP contribution in [0.4, 0.5) is 0 Å². The number of benzene rings is 1. The van der Waals surface area contributed by atoms with E-state index in [0.717, 1.165) is 25.1 Å². The summed E-state index contributed by atoms with van der Waals surface area (Å²) in [5.74, 6) is 0.729. The van der Waals surface area contributed by atoms with Gasteiger partial charge in [-0.3, -0.25) is 4.79 Å². The Kier molecular flexibility index (Phi) is 6.78. The molecule has 2 atom stereocenters. The van der Waals surface area contributed by atoms with Crippen LogP contribution in [0.2, 0.25) is 0 Å². The summed E-state index contributed by atoms with van der Waals surface area (Å²) in [7, 11) is 1.58. The number of hydrogen-bond donors (Lipinski definition) is 3. The molecule has 0 aliphatic carbocycles. The first-order valence-electron chi connectivity index (χ1n) is 6.51. The summed E-state index contributed by atoms with van der Waals surface area (Å²) in [5, 5.41) is 16.0. The highest BCUT2D eigenvalue weighted by atomic mass is 35.5. The molecule has 1 amide bonds. The average molecular weight is 301 g/mol. The van der Waals surface area contributed by atoms with Crippen molar-refractivity contribution in [3.8, 4) is 5.75 Å². The molecule has 2 rings (SSSR count). The number of methoxy groups -OCH3 is 1. The number of halogens is 1. The molecule has 112 valence electrons. The van der Waals surface area contributed by atoms with E-state index in [-0.39, 0.29) is 30.8 Å². The van der Waals surface area contributed by atoms with Gasteiger partial charge in [0.05, 0.1) is 19.1 Å². The summed E-state index contributed by atoms with van der Waals surface area (Å²) >= 11 is 0. The van der Waals surface area contributed by atoms with Gasteiger partial charge in [-0.05, 0) is 30.7 Å². The Morgan fingerprint density at radius 2 is 2.40 bits per heavy atom. The number of nitrogens with one attached hydrogen (secondary N) is 2. The number of aliphatic hydroxyl groups is 1. The van der Waals surface area contributed by atoms with Crippen molar-refractivity contribution in [2.75, 3.05) is 26.7 Å². The Balaban J connectivity index is 0.00000200. The van der Waals surface area contributed by atoms with E-state index in [1.54, 1.807) is 13.2 Å². The van der Waals surface area contributed by atoms with Gasteiger partial charge in [0.1, 0.15) is 5.75 Å². The van der Waals surface area contributed by atoms with Crippen molar-refractivity contribution in [3.63, 3.8) is 0 Å². The first kappa shape index (κ1) is 16.8. The number of hydrogen-bond acceptors (Lipinski definition) is 4. The van der Waals surface area contributed by atoms with Gasteiger partial charge in [0.2, 0.25) is 5.91 Å². The number of carbonyl (C=O) groups is 1. The van der Waals surface area contributed by atoms with Gasteiger partial charge in [-0.2, -0.15) is 0 Å². The summed E-state index contributed by atoms with van der Waals surface area (Å²) in [4.78, 5) is 11.8. The van der Waals surface area contributed by atoms with E-state index in [1.165, 1.54) is 0 Å². The van der Waals surface area contributed by atoms with Crippen LogP contribution in [0.25, 0.3) is 0 Å². The van der Waals surface area contributed by atoms with Gasteiger partial charge < -0.3 is 20.5 Å². The first-order valence-corrected chi connectivity index (χ1v) is 6.51. The van der Waals surface area contributed by atoms with Crippen molar-refractivity contribution in [2.45, 2.75) is 12.5 Å². The second kappa shape index (κ2) is 8.09. The molecule has 1 fully saturated rings. The third-order valence-electron chi connectivity index (χ3n) is 3.38. The number of ether oxygens (including phenoxy) is 1. The van der Waals surface area contributed by atoms with E-state index in [4.69, 9.17) is 4.74 Å². The first-order chi connectivity index (χ1) is 9.20. The zero-order chi connectivity index (χ0) is 13.7. The fourth-order valence-electron chi connectivity index (χ4n) is 2.19. The zero-order valence-corrected chi connectivity index (χ0v) is 12.3. The van der Waals surface area contributed by atoms with Crippen LogP contribution >= 0.6 is 12.4 Å². The minimum Gasteiger partial charge on any atom is -0.497 e. The molecule has 1 aromatic carbocycles. The van der Waals surface area contributed by atoms with Crippen molar-refractivity contribution in [3.05, 3.63) is 29.8 Å². The molecule has 0 saturated carbocycles. The molecule has 1 aromatic rings. The molecule has 6 heteroatoms. The molecular weight excluding hydrogens is 280 g/mol. The van der Waals surface area contributed by atoms with Crippen molar-refractivity contribution < 1.29 is 14.6 Å². The van der Waals surface area contributed by atoms with E-state index >= 15 is 0 Å². The monoisotopic (exact) mass is 300 g/mol. The van der Waals surface area contributed by atoms with Gasteiger partial charge in [-0.15, -0.1) is 12.4 Å². The van der Waals surface area contributed by atoms with Gasteiger partial charge in [-0.25, -0.2) is 0 Å². The van der Waals surface area contributed by atoms with Crippen molar-refractivity contribution in [1.82, 2.24) is 10.6 Å². The number of aliphatic hydroxyl groups excluding tert-OH is 1. The summed E-state index contributed by atoms with van der Waals surface area (Å²) in [6.07, 6.45) is 0.148. The van der Waals surface area contributed by atoms with Crippen LogP contribution in [0, 0.1) is 5.92 Å². The standard InChI is InChI=1S/C14H20N2O3.ClH/c1-19-12-4-2-3-10(7-12)13(17)9-16-14(18)11-5-6-15-8-11;/h2-4,7,11,13,15,17H,5-6,8-9H2,1H3,(H,16,18);1H. The fourth-order valence-corrected chi connectivity index (χ4v) is 2.19. The number of rotatable bonds is 5. The lowest BCUT2D eigenvalue weighted by atomic mass is 10.1. The summed E-state index contributed by atoms with van der Waals surface area (Å²) in [5.41, 5.74) is 0.740. The Morgan fingerprint density at radius 1 is 1.60 bits per heavy atom. The van der Waals surface area contributed by atoms with Crippen molar-refractivity contribution in [1.29, 1.82) is 0 Å². The molecule has 1 aliphatic heterocycles. The van der Waals surface area contributed by atoms with Crippen molar-refractivity contribution in [2.24, 2.45) is 5.92 Å². The average Bonchev–Trinajstić information content (AvgIpc) is 2.98. The smallest absolute Gasteiger partial charge is 0.224 e. The van der Waals surface area contributed by atoms with Crippen LogP contribution in [-0.4, -0.2) is 37.8 Å². The summed E-state index contributed by atoms with van der Waals surface area (Å²) in [6.45, 7) is 1.83. The van der Waals surface area contributed by atoms with Gasteiger partial charge >= 0.3 is 0 Å². The Hall–Kier alpha value is -1.30. The zero-order valence-electron chi connectivity index (χ0n) is 11.5. The lowest BCUT2D eigenvalue weighted by molar-refractivity contribution is -0.124. The lowest BCUT2D eigenvalue weighted by Crippen LogP contribution is -2.34. The largest absolute Gasteiger partial charge is 0.497 e. The quantitative estimate of drug-likeness (QED) is 0.755. The minimum atomic E-state index is -0.714. The second-order valence-electron chi connectivity index (χ2n) is 4.73. The van der Waals surface area contributed by atoms with Crippen molar-refractivity contribution >= 4 is 18.3 Å². The van der Waals surface area contributed by atoms with Crippen LogP contribution in [0.1, 0.15) is 18.1 Å². The molecule has 0 aromatic heterocycles. The minimum absolute atomic E-state index is 0. The van der Waals surface area contributed by atoms with Gasteiger partial charge in [-0.1, -0.05) is 12.1 Å². The molecule has 5 nitrogen and oxygen atoms in total. The van der Waals surface area contributed by atoms with E-state index in [2.05, 4.69) is 10.6 Å². The Labute approximate surface area is 125 Å². The summed E-state index contributed by atoms with van der Waals surface area (Å²) < 4.78 is 5.11. The fraction of sp³-hybridized carbons (Fsp3) is 0.500. The lowest BCUT2D eigenvalue weighted by Gasteiger charge is -2.15. The maximum Gasteiger partial charge on any atom is 0.224 e. The molecule has 0 spiro atoms. The number of amides is 1. The van der Waals surface area contributed by atoms with E-state index in [1.807, 2.05) is 18.2 Å². The SMILES string of the molecule is COc1cccc(C(O)CNC(=O)C2CCNC2)c1.Cl. The third-order valence-corrected chi connectivity index (χ3v) is 3.38. The van der Waals surface area contributed by atoms with E-state index in [9.17, 15) is 9.90 Å². The molecule has 3 N–H and O–H groups in total. The highest BCUT2D eigenvalue weighted by Gasteiger charge is 2.22. The van der Waals surface area contributed by atoms with Crippen LogP contribution in [0.5, 0.6) is 5.75 Å². The predicted octanol–water partition coefficient (Wildman–Crippen LogP) is 0.876. The van der Waals surface area contributed by atoms with Crippen LogP contribution in [0.3, 0.4) is 0 Å². The van der Waals surface area contributed by atoms with Crippen LogP contribution in [0.15, 0.2) is 24.3 Å². The molecule has 1 heterocycles. The van der Waals surface area contributed by atoms with E-state index < -0.39 is 6.10 Å². The van der Waals surface area contributed by atoms with Gasteiger partial charge in [0.25, 0.3) is 0 Å². The molecule has 1 saturated heterocycles.